The molecule has 0 saturated heterocycles. The molecule has 2 aromatic rings. The van der Waals surface area contributed by atoms with E-state index in [0.29, 0.717) is 16.3 Å². The highest BCUT2D eigenvalue weighted by atomic mass is 35.5. The number of benzene rings is 2. The van der Waals surface area contributed by atoms with Gasteiger partial charge in [0.25, 0.3) is 11.8 Å². The number of halogens is 3. The Hall–Kier alpha value is -2.54. The van der Waals surface area contributed by atoms with Gasteiger partial charge in [-0.1, -0.05) is 34.8 Å². The van der Waals surface area contributed by atoms with Gasteiger partial charge in [0, 0.05) is 10.7 Å². The van der Waals surface area contributed by atoms with Gasteiger partial charge in [-0.2, -0.15) is 0 Å². The molecular formula is C20H15Cl3N2O4. The largest absolute Gasteiger partial charge is 0.459 e. The Morgan fingerprint density at radius 2 is 1.66 bits per heavy atom. The van der Waals surface area contributed by atoms with Crippen LogP contribution in [0.2, 0.25) is 10.0 Å². The predicted octanol–water partition coefficient (Wildman–Crippen LogP) is 4.99. The van der Waals surface area contributed by atoms with Gasteiger partial charge in [0.05, 0.1) is 22.4 Å². The lowest BCUT2D eigenvalue weighted by Crippen LogP contribution is -2.32. The van der Waals surface area contributed by atoms with Crippen molar-refractivity contribution in [3.8, 4) is 0 Å². The van der Waals surface area contributed by atoms with E-state index >= 15 is 0 Å². The molecule has 2 aromatic carbocycles. The summed E-state index contributed by atoms with van der Waals surface area (Å²) in [5, 5.41) is 3.02. The van der Waals surface area contributed by atoms with E-state index in [1.54, 1.807) is 32.0 Å². The van der Waals surface area contributed by atoms with E-state index < -0.39 is 17.8 Å². The number of rotatable bonds is 5. The lowest BCUT2D eigenvalue weighted by molar-refractivity contribution is -0.120. The van der Waals surface area contributed by atoms with Crippen LogP contribution in [0.15, 0.2) is 53.2 Å². The van der Waals surface area contributed by atoms with Gasteiger partial charge < -0.3 is 10.1 Å². The Morgan fingerprint density at radius 3 is 2.28 bits per heavy atom. The van der Waals surface area contributed by atoms with Crippen molar-refractivity contribution in [1.82, 2.24) is 0 Å². The maximum absolute atomic E-state index is 12.8. The number of nitrogens with zero attached hydrogens (tertiary/aromatic N) is 1. The number of carbonyl (C=O) groups excluding carboxylic acids is 3. The number of imide groups is 1. The van der Waals surface area contributed by atoms with Crippen molar-refractivity contribution < 1.29 is 19.1 Å². The van der Waals surface area contributed by atoms with Crippen LogP contribution in [-0.2, 0) is 14.3 Å². The van der Waals surface area contributed by atoms with Crippen molar-refractivity contribution >= 4 is 64.0 Å². The third-order valence-electron chi connectivity index (χ3n) is 3.91. The molecule has 0 spiro atoms. The Balaban J connectivity index is 1.83. The SMILES string of the molecule is CC(C)OC(=O)c1ccc(NC2=C(Cl)C(=O)N(c3cc(Cl)ccc3Cl)C2=O)cc1. The lowest BCUT2D eigenvalue weighted by Gasteiger charge is -2.17. The smallest absolute Gasteiger partial charge is 0.338 e. The zero-order valence-corrected chi connectivity index (χ0v) is 17.6. The van der Waals surface area contributed by atoms with Crippen LogP contribution in [0.5, 0.6) is 0 Å². The zero-order valence-electron chi connectivity index (χ0n) is 15.3. The van der Waals surface area contributed by atoms with Gasteiger partial charge >= 0.3 is 5.97 Å². The first-order chi connectivity index (χ1) is 13.7. The molecule has 6 nitrogen and oxygen atoms in total. The summed E-state index contributed by atoms with van der Waals surface area (Å²) in [6, 6.07) is 10.6. The Labute approximate surface area is 182 Å². The Bertz CT molecular complexity index is 1030. The topological polar surface area (TPSA) is 75.7 Å². The van der Waals surface area contributed by atoms with Gasteiger partial charge in [0.15, 0.2) is 0 Å². The maximum atomic E-state index is 12.8. The second kappa shape index (κ2) is 8.45. The number of hydrogen-bond acceptors (Lipinski definition) is 5. The molecule has 1 aliphatic rings. The van der Waals surface area contributed by atoms with Crippen molar-refractivity contribution in [1.29, 1.82) is 0 Å². The Kier molecular flexibility index (Phi) is 6.17. The maximum Gasteiger partial charge on any atom is 0.338 e. The fourth-order valence-electron chi connectivity index (χ4n) is 2.60. The van der Waals surface area contributed by atoms with Crippen molar-refractivity contribution in [3.63, 3.8) is 0 Å². The molecule has 150 valence electrons. The molecule has 0 fully saturated rings. The van der Waals surface area contributed by atoms with Gasteiger partial charge in [-0.25, -0.2) is 9.69 Å². The number of nitrogens with one attached hydrogen (secondary N) is 1. The van der Waals surface area contributed by atoms with Crippen LogP contribution >= 0.6 is 34.8 Å². The number of amides is 2. The second-order valence-electron chi connectivity index (χ2n) is 6.39. The third kappa shape index (κ3) is 4.40. The second-order valence-corrected chi connectivity index (χ2v) is 7.61. The predicted molar refractivity (Wildman–Crippen MR) is 112 cm³/mol. The molecule has 1 N–H and O–H groups in total. The van der Waals surface area contributed by atoms with Crippen LogP contribution in [-0.4, -0.2) is 23.9 Å². The Morgan fingerprint density at radius 1 is 1.00 bits per heavy atom. The van der Waals surface area contributed by atoms with Crippen LogP contribution in [0, 0.1) is 0 Å². The van der Waals surface area contributed by atoms with Crippen LogP contribution in [0.25, 0.3) is 0 Å². The zero-order chi connectivity index (χ0) is 21.3. The average molecular weight is 454 g/mol. The summed E-state index contributed by atoms with van der Waals surface area (Å²) >= 11 is 18.2. The van der Waals surface area contributed by atoms with Crippen LogP contribution in [0.4, 0.5) is 11.4 Å². The van der Waals surface area contributed by atoms with E-state index in [4.69, 9.17) is 39.5 Å². The van der Waals surface area contributed by atoms with Gasteiger partial charge in [-0.3, -0.25) is 9.59 Å². The molecule has 1 aliphatic heterocycles. The van der Waals surface area contributed by atoms with E-state index in [-0.39, 0.29) is 27.5 Å². The monoisotopic (exact) mass is 452 g/mol. The summed E-state index contributed by atoms with van der Waals surface area (Å²) in [7, 11) is 0. The highest BCUT2D eigenvalue weighted by Gasteiger charge is 2.40. The summed E-state index contributed by atoms with van der Waals surface area (Å²) < 4.78 is 5.12. The first-order valence-electron chi connectivity index (χ1n) is 8.50. The van der Waals surface area contributed by atoms with Gasteiger partial charge in [0.2, 0.25) is 0 Å². The molecule has 0 bridgehead atoms. The van der Waals surface area contributed by atoms with Crippen LogP contribution < -0.4 is 10.2 Å². The number of anilines is 2. The highest BCUT2D eigenvalue weighted by Crippen LogP contribution is 2.35. The molecule has 3 rings (SSSR count). The number of esters is 1. The third-order valence-corrected chi connectivity index (χ3v) is 4.81. The summed E-state index contributed by atoms with van der Waals surface area (Å²) in [6.07, 6.45) is -0.240. The summed E-state index contributed by atoms with van der Waals surface area (Å²) in [5.74, 6) is -1.86. The molecule has 2 amide bonds. The van der Waals surface area contributed by atoms with E-state index in [9.17, 15) is 14.4 Å². The molecule has 0 aliphatic carbocycles. The van der Waals surface area contributed by atoms with Crippen molar-refractivity contribution in [2.75, 3.05) is 10.2 Å². The van der Waals surface area contributed by atoms with Crippen molar-refractivity contribution in [2.24, 2.45) is 0 Å². The van der Waals surface area contributed by atoms with Gasteiger partial charge in [-0.05, 0) is 56.3 Å². The van der Waals surface area contributed by atoms with Crippen LogP contribution in [0.1, 0.15) is 24.2 Å². The fraction of sp³-hybridized carbons (Fsp3) is 0.150. The molecule has 0 saturated carbocycles. The van der Waals surface area contributed by atoms with Gasteiger partial charge in [-0.15, -0.1) is 0 Å². The minimum Gasteiger partial charge on any atom is -0.459 e. The molecular weight excluding hydrogens is 439 g/mol. The van der Waals surface area contributed by atoms with Crippen molar-refractivity contribution in [3.05, 3.63) is 68.8 Å². The van der Waals surface area contributed by atoms with E-state index in [0.717, 1.165) is 4.90 Å². The van der Waals surface area contributed by atoms with Gasteiger partial charge in [0.1, 0.15) is 10.7 Å². The first-order valence-corrected chi connectivity index (χ1v) is 9.64. The van der Waals surface area contributed by atoms with Crippen molar-refractivity contribution in [2.45, 2.75) is 20.0 Å². The molecule has 1 heterocycles. The fourth-order valence-corrected chi connectivity index (χ4v) is 3.18. The summed E-state index contributed by atoms with van der Waals surface area (Å²) in [6.45, 7) is 3.51. The number of ether oxygens (including phenoxy) is 1. The molecule has 0 radical (unpaired) electrons. The molecule has 0 atom stereocenters. The average Bonchev–Trinajstić information content (AvgIpc) is 2.87. The highest BCUT2D eigenvalue weighted by molar-refractivity contribution is 6.54. The van der Waals surface area contributed by atoms with E-state index in [2.05, 4.69) is 5.32 Å². The number of hydrogen-bond donors (Lipinski definition) is 1. The van der Waals surface area contributed by atoms with E-state index in [1.807, 2.05) is 0 Å². The normalized spacial score (nSPS) is 14.1. The summed E-state index contributed by atoms with van der Waals surface area (Å²) in [4.78, 5) is 38.1. The lowest BCUT2D eigenvalue weighted by atomic mass is 10.2. The molecule has 29 heavy (non-hydrogen) atoms. The van der Waals surface area contributed by atoms with Crippen LogP contribution in [0.3, 0.4) is 0 Å². The summed E-state index contributed by atoms with van der Waals surface area (Å²) in [5.41, 5.74) is 0.839. The number of carbonyl (C=O) groups is 3. The molecule has 9 heteroatoms. The molecule has 0 unspecified atom stereocenters. The minimum atomic E-state index is -0.722. The quantitative estimate of drug-likeness (QED) is 0.509. The minimum absolute atomic E-state index is 0.106. The van der Waals surface area contributed by atoms with E-state index in [1.165, 1.54) is 24.3 Å². The first kappa shape index (κ1) is 21.2. The standard InChI is InChI=1S/C20H15Cl3N2O4/c1-10(2)29-20(28)11-3-6-13(7-4-11)24-17-16(23)18(26)25(19(17)27)15-9-12(21)5-8-14(15)22/h3-10,24H,1-2H3. The molecule has 0 aromatic heterocycles.